The van der Waals surface area contributed by atoms with E-state index in [9.17, 15) is 9.50 Å². The van der Waals surface area contributed by atoms with Gasteiger partial charge in [0.2, 0.25) is 0 Å². The lowest BCUT2D eigenvalue weighted by atomic mass is 9.87. The second-order valence-corrected chi connectivity index (χ2v) is 5.66. The molecule has 4 heteroatoms. The molecule has 106 valence electrons. The van der Waals surface area contributed by atoms with Gasteiger partial charge in [0.1, 0.15) is 5.82 Å². The van der Waals surface area contributed by atoms with E-state index in [1.165, 1.54) is 12.1 Å². The molecular weight excluding hydrogens is 321 g/mol. The lowest BCUT2D eigenvalue weighted by molar-refractivity contribution is 0.146. The number of rotatable bonds is 4. The molecule has 0 amide bonds. The van der Waals surface area contributed by atoms with E-state index < -0.39 is 6.10 Å². The summed E-state index contributed by atoms with van der Waals surface area (Å²) in [6.45, 7) is 2.09. The van der Waals surface area contributed by atoms with Crippen molar-refractivity contribution in [1.82, 2.24) is 0 Å². The molecule has 2 aromatic carbocycles. The van der Waals surface area contributed by atoms with Crippen molar-refractivity contribution in [3.63, 3.8) is 0 Å². The van der Waals surface area contributed by atoms with Gasteiger partial charge in [0, 0.05) is 16.9 Å². The van der Waals surface area contributed by atoms with E-state index in [0.29, 0.717) is 12.1 Å². The smallest absolute Gasteiger partial charge is 0.123 e. The van der Waals surface area contributed by atoms with Crippen LogP contribution in [0.3, 0.4) is 0 Å². The molecule has 2 aromatic rings. The predicted molar refractivity (Wildman–Crippen MR) is 82.0 cm³/mol. The van der Waals surface area contributed by atoms with Gasteiger partial charge in [0.25, 0.3) is 0 Å². The number of aliphatic hydroxyl groups excluding tert-OH is 1. The van der Waals surface area contributed by atoms with E-state index >= 15 is 0 Å². The number of hydrogen-bond donors (Lipinski definition) is 2. The molecule has 0 spiro atoms. The van der Waals surface area contributed by atoms with Crippen molar-refractivity contribution in [3.8, 4) is 0 Å². The van der Waals surface area contributed by atoms with Crippen LogP contribution >= 0.6 is 15.9 Å². The first-order valence-electron chi connectivity index (χ1n) is 6.43. The lowest BCUT2D eigenvalue weighted by Gasteiger charge is -2.24. The first kappa shape index (κ1) is 15.2. The van der Waals surface area contributed by atoms with Crippen LogP contribution in [0.15, 0.2) is 46.9 Å². The van der Waals surface area contributed by atoms with Crippen molar-refractivity contribution in [3.05, 3.63) is 69.4 Å². The zero-order valence-corrected chi connectivity index (χ0v) is 12.8. The molecule has 2 nitrogen and oxygen atoms in total. The van der Waals surface area contributed by atoms with E-state index in [4.69, 9.17) is 5.73 Å². The average molecular weight is 338 g/mol. The Balaban J connectivity index is 2.39. The standard InChI is InChI=1S/C16H17BrFNO/c1-10-8-11(18)6-7-12(10)16(20)14(9-19)13-4-2-3-5-15(13)17/h2-8,14,16,20H,9,19H2,1H3. The van der Waals surface area contributed by atoms with E-state index in [-0.39, 0.29) is 11.7 Å². The van der Waals surface area contributed by atoms with Crippen LogP contribution in [0, 0.1) is 12.7 Å². The lowest BCUT2D eigenvalue weighted by Crippen LogP contribution is -2.21. The Morgan fingerprint density at radius 3 is 2.50 bits per heavy atom. The summed E-state index contributed by atoms with van der Waals surface area (Å²) in [6.07, 6.45) is -0.765. The highest BCUT2D eigenvalue weighted by Gasteiger charge is 2.24. The minimum Gasteiger partial charge on any atom is -0.388 e. The molecule has 0 aliphatic rings. The normalized spacial score (nSPS) is 14.1. The Morgan fingerprint density at radius 2 is 1.90 bits per heavy atom. The minimum absolute atomic E-state index is 0.241. The van der Waals surface area contributed by atoms with Crippen molar-refractivity contribution in [1.29, 1.82) is 0 Å². The van der Waals surface area contributed by atoms with Crippen molar-refractivity contribution in [2.45, 2.75) is 18.9 Å². The summed E-state index contributed by atoms with van der Waals surface area (Å²) in [4.78, 5) is 0. The Bertz CT molecular complexity index is 603. The molecule has 0 fully saturated rings. The summed E-state index contributed by atoms with van der Waals surface area (Å²) < 4.78 is 14.1. The molecule has 3 N–H and O–H groups in total. The third-order valence-corrected chi connectivity index (χ3v) is 4.21. The van der Waals surface area contributed by atoms with Gasteiger partial charge in [-0.1, -0.05) is 40.2 Å². The summed E-state index contributed by atoms with van der Waals surface area (Å²) in [6, 6.07) is 12.1. The SMILES string of the molecule is Cc1cc(F)ccc1C(O)C(CN)c1ccccc1Br. The highest BCUT2D eigenvalue weighted by Crippen LogP contribution is 2.35. The van der Waals surface area contributed by atoms with Crippen LogP contribution in [0.25, 0.3) is 0 Å². The first-order valence-corrected chi connectivity index (χ1v) is 7.22. The molecule has 2 atom stereocenters. The molecule has 0 saturated carbocycles. The maximum atomic E-state index is 13.2. The maximum Gasteiger partial charge on any atom is 0.123 e. The van der Waals surface area contributed by atoms with Gasteiger partial charge >= 0.3 is 0 Å². The van der Waals surface area contributed by atoms with Gasteiger partial charge < -0.3 is 10.8 Å². The summed E-state index contributed by atoms with van der Waals surface area (Å²) in [5, 5.41) is 10.6. The number of halogens is 2. The van der Waals surface area contributed by atoms with Gasteiger partial charge in [-0.2, -0.15) is 0 Å². The van der Waals surface area contributed by atoms with Crippen molar-refractivity contribution in [2.24, 2.45) is 5.73 Å². The molecule has 0 aliphatic heterocycles. The Hall–Kier alpha value is -1.23. The summed E-state index contributed by atoms with van der Waals surface area (Å²) in [7, 11) is 0. The molecule has 0 heterocycles. The van der Waals surface area contributed by atoms with Gasteiger partial charge in [-0.15, -0.1) is 0 Å². The topological polar surface area (TPSA) is 46.2 Å². The maximum absolute atomic E-state index is 13.2. The molecular formula is C16H17BrFNO. The largest absolute Gasteiger partial charge is 0.388 e. The van der Waals surface area contributed by atoms with Gasteiger partial charge in [0.05, 0.1) is 6.10 Å². The van der Waals surface area contributed by atoms with Crippen LogP contribution in [0.4, 0.5) is 4.39 Å². The van der Waals surface area contributed by atoms with Crippen LogP contribution in [0.2, 0.25) is 0 Å². The van der Waals surface area contributed by atoms with Gasteiger partial charge in [-0.3, -0.25) is 0 Å². The zero-order valence-electron chi connectivity index (χ0n) is 11.2. The van der Waals surface area contributed by atoms with Crippen LogP contribution in [-0.2, 0) is 0 Å². The molecule has 2 unspecified atom stereocenters. The first-order chi connectivity index (χ1) is 9.54. The molecule has 0 radical (unpaired) electrons. The number of hydrogen-bond acceptors (Lipinski definition) is 2. The second-order valence-electron chi connectivity index (χ2n) is 4.81. The third-order valence-electron chi connectivity index (χ3n) is 3.49. The van der Waals surface area contributed by atoms with Crippen molar-refractivity contribution >= 4 is 15.9 Å². The fourth-order valence-corrected chi connectivity index (χ4v) is 2.97. The predicted octanol–water partition coefficient (Wildman–Crippen LogP) is 3.67. The number of nitrogens with two attached hydrogens (primary N) is 1. The highest BCUT2D eigenvalue weighted by atomic mass is 79.9. The van der Waals surface area contributed by atoms with Crippen molar-refractivity contribution in [2.75, 3.05) is 6.54 Å². The fourth-order valence-electron chi connectivity index (χ4n) is 2.39. The molecule has 0 aliphatic carbocycles. The highest BCUT2D eigenvalue weighted by molar-refractivity contribution is 9.10. The van der Waals surface area contributed by atoms with Crippen LogP contribution in [0.1, 0.15) is 28.7 Å². The monoisotopic (exact) mass is 337 g/mol. The van der Waals surface area contributed by atoms with E-state index in [1.807, 2.05) is 24.3 Å². The Labute approximate surface area is 126 Å². The van der Waals surface area contributed by atoms with Gasteiger partial charge in [0.15, 0.2) is 0 Å². The molecule has 0 bridgehead atoms. The van der Waals surface area contributed by atoms with Crippen LogP contribution < -0.4 is 5.73 Å². The summed E-state index contributed by atoms with van der Waals surface area (Å²) in [5.41, 5.74) is 8.22. The summed E-state index contributed by atoms with van der Waals surface area (Å²) >= 11 is 3.48. The second kappa shape index (κ2) is 6.48. The van der Waals surface area contributed by atoms with Crippen molar-refractivity contribution < 1.29 is 9.50 Å². The zero-order chi connectivity index (χ0) is 14.7. The summed E-state index contributed by atoms with van der Waals surface area (Å²) in [5.74, 6) is -0.543. The van der Waals surface area contributed by atoms with Crippen LogP contribution in [0.5, 0.6) is 0 Å². The molecule has 20 heavy (non-hydrogen) atoms. The van der Waals surface area contributed by atoms with E-state index in [0.717, 1.165) is 15.6 Å². The van der Waals surface area contributed by atoms with Gasteiger partial charge in [-0.05, 0) is 41.8 Å². The molecule has 2 rings (SSSR count). The fraction of sp³-hybridized carbons (Fsp3) is 0.250. The van der Waals surface area contributed by atoms with E-state index in [2.05, 4.69) is 15.9 Å². The third kappa shape index (κ3) is 3.08. The minimum atomic E-state index is -0.765. The average Bonchev–Trinajstić information content (AvgIpc) is 2.41. The number of aryl methyl sites for hydroxylation is 1. The van der Waals surface area contributed by atoms with Gasteiger partial charge in [-0.25, -0.2) is 4.39 Å². The van der Waals surface area contributed by atoms with Crippen LogP contribution in [-0.4, -0.2) is 11.7 Å². The Morgan fingerprint density at radius 1 is 1.20 bits per heavy atom. The Kier molecular flexibility index (Phi) is 4.91. The quantitative estimate of drug-likeness (QED) is 0.893. The molecule has 0 aromatic heterocycles. The number of benzene rings is 2. The molecule has 0 saturated heterocycles. The number of aliphatic hydroxyl groups is 1. The van der Waals surface area contributed by atoms with E-state index in [1.54, 1.807) is 13.0 Å².